The van der Waals surface area contributed by atoms with E-state index < -0.39 is 12.8 Å². The van der Waals surface area contributed by atoms with Crippen molar-refractivity contribution in [3.63, 3.8) is 0 Å². The maximum absolute atomic E-state index is 12.7. The van der Waals surface area contributed by atoms with Crippen LogP contribution in [0.5, 0.6) is 5.88 Å². The van der Waals surface area contributed by atoms with Gasteiger partial charge in [0.15, 0.2) is 6.61 Å². The van der Waals surface area contributed by atoms with E-state index in [1.54, 1.807) is 4.90 Å². The lowest BCUT2D eigenvalue weighted by molar-refractivity contribution is -0.154. The number of pyridine rings is 1. The molecule has 3 rings (SSSR count). The van der Waals surface area contributed by atoms with Crippen molar-refractivity contribution in [2.24, 2.45) is 0 Å². The number of amides is 2. The first-order valence-corrected chi connectivity index (χ1v) is 10.6. The molecule has 1 aliphatic rings. The molecule has 0 unspecified atom stereocenters. The first-order chi connectivity index (χ1) is 15.5. The van der Waals surface area contributed by atoms with E-state index in [1.165, 1.54) is 6.07 Å². The summed E-state index contributed by atoms with van der Waals surface area (Å²) in [6.07, 6.45) is -3.38. The molecular weight excluding hydrogens is 461 g/mol. The van der Waals surface area contributed by atoms with Gasteiger partial charge in [0.25, 0.3) is 5.91 Å². The first kappa shape index (κ1) is 24.8. The van der Waals surface area contributed by atoms with Gasteiger partial charge >= 0.3 is 6.18 Å². The summed E-state index contributed by atoms with van der Waals surface area (Å²) < 4.78 is 41.4. The minimum atomic E-state index is -4.52. The molecule has 2 heterocycles. The lowest BCUT2D eigenvalue weighted by Gasteiger charge is -2.34. The third-order valence-electron chi connectivity index (χ3n) is 5.33. The van der Waals surface area contributed by atoms with Crippen LogP contribution in [0.2, 0.25) is 5.02 Å². The second-order valence-electron chi connectivity index (χ2n) is 7.78. The van der Waals surface area contributed by atoms with E-state index in [4.69, 9.17) is 11.6 Å². The lowest BCUT2D eigenvalue weighted by Crippen LogP contribution is -2.50. The highest BCUT2D eigenvalue weighted by Gasteiger charge is 2.29. The van der Waals surface area contributed by atoms with Crippen molar-refractivity contribution in [1.82, 2.24) is 14.8 Å². The van der Waals surface area contributed by atoms with Gasteiger partial charge in [-0.05, 0) is 37.1 Å². The number of halogens is 4. The van der Waals surface area contributed by atoms with Crippen LogP contribution in [0, 0.1) is 13.8 Å². The highest BCUT2D eigenvalue weighted by atomic mass is 35.5. The van der Waals surface area contributed by atoms with Gasteiger partial charge in [-0.25, -0.2) is 4.98 Å². The van der Waals surface area contributed by atoms with Crippen molar-refractivity contribution in [2.75, 3.05) is 44.6 Å². The van der Waals surface area contributed by atoms with Crippen molar-refractivity contribution in [1.29, 1.82) is 0 Å². The zero-order valence-electron chi connectivity index (χ0n) is 18.2. The Kier molecular flexibility index (Phi) is 7.80. The average molecular weight is 485 g/mol. The molecule has 178 valence electrons. The molecule has 2 amide bonds. The molecule has 1 saturated heterocycles. The summed E-state index contributed by atoms with van der Waals surface area (Å²) >= 11 is 5.93. The largest absolute Gasteiger partial charge is 0.467 e. The van der Waals surface area contributed by atoms with Gasteiger partial charge in [0, 0.05) is 38.1 Å². The Hall–Kier alpha value is -2.85. The molecule has 1 aromatic heterocycles. The van der Waals surface area contributed by atoms with E-state index in [0.29, 0.717) is 26.2 Å². The number of carbonyl (C=O) groups is 2. The number of anilines is 1. The molecule has 0 spiro atoms. The van der Waals surface area contributed by atoms with Crippen LogP contribution in [-0.4, -0.2) is 72.1 Å². The van der Waals surface area contributed by atoms with Crippen molar-refractivity contribution in [3.05, 3.63) is 52.2 Å². The number of ether oxygens (including phenoxy) is 1. The van der Waals surface area contributed by atoms with E-state index in [1.807, 2.05) is 36.9 Å². The van der Waals surface area contributed by atoms with Gasteiger partial charge in [0.2, 0.25) is 11.8 Å². The van der Waals surface area contributed by atoms with E-state index in [-0.39, 0.29) is 34.8 Å². The minimum absolute atomic E-state index is 0.131. The fraction of sp³-hybridized carbons (Fsp3) is 0.409. The number of alkyl halides is 3. The molecule has 33 heavy (non-hydrogen) atoms. The number of aryl methyl sites for hydroxylation is 1. The average Bonchev–Trinajstić information content (AvgIpc) is 2.75. The van der Waals surface area contributed by atoms with Gasteiger partial charge in [-0.1, -0.05) is 23.7 Å². The maximum atomic E-state index is 12.7. The highest BCUT2D eigenvalue weighted by molar-refractivity contribution is 6.32. The van der Waals surface area contributed by atoms with Crippen molar-refractivity contribution >= 4 is 29.1 Å². The van der Waals surface area contributed by atoms with Crippen LogP contribution >= 0.6 is 11.6 Å². The summed E-state index contributed by atoms with van der Waals surface area (Å²) in [5, 5.41) is 2.75. The summed E-state index contributed by atoms with van der Waals surface area (Å²) in [7, 11) is 0. The number of benzene rings is 1. The Bertz CT molecular complexity index is 1020. The Labute approximate surface area is 194 Å². The Morgan fingerprint density at radius 3 is 2.52 bits per heavy atom. The van der Waals surface area contributed by atoms with Gasteiger partial charge in [-0.15, -0.1) is 0 Å². The zero-order chi connectivity index (χ0) is 24.2. The standard InChI is InChI=1S/C22H24ClF3N4O3/c1-14-4-3-5-18(15(14)2)28-19(31)12-29-6-8-30(9-7-29)21(32)16-10-17(23)20(27-11-16)33-13-22(24,25)26/h3-5,10-11H,6-9,12-13H2,1-2H3,(H,28,31). The predicted octanol–water partition coefficient (Wildman–Crippen LogP) is 3.69. The number of carbonyl (C=O) groups excluding carboxylic acids is 2. The van der Waals surface area contributed by atoms with E-state index in [0.717, 1.165) is 23.0 Å². The molecule has 11 heteroatoms. The molecule has 1 aliphatic heterocycles. The molecule has 0 bridgehead atoms. The number of aromatic nitrogens is 1. The number of nitrogens with one attached hydrogen (secondary N) is 1. The van der Waals surface area contributed by atoms with Gasteiger partial charge in [-0.2, -0.15) is 13.2 Å². The summed E-state index contributed by atoms with van der Waals surface area (Å²) in [5.41, 5.74) is 3.04. The van der Waals surface area contributed by atoms with Crippen molar-refractivity contribution < 1.29 is 27.5 Å². The second kappa shape index (κ2) is 10.4. The lowest BCUT2D eigenvalue weighted by atomic mass is 10.1. The number of hydrogen-bond donors (Lipinski definition) is 1. The summed E-state index contributed by atoms with van der Waals surface area (Å²) in [4.78, 5) is 32.4. The second-order valence-corrected chi connectivity index (χ2v) is 8.19. The van der Waals surface area contributed by atoms with Crippen molar-refractivity contribution in [3.8, 4) is 5.88 Å². The Morgan fingerprint density at radius 1 is 1.18 bits per heavy atom. The van der Waals surface area contributed by atoms with Crippen LogP contribution < -0.4 is 10.1 Å². The molecule has 0 atom stereocenters. The van der Waals surface area contributed by atoms with Crippen LogP contribution in [0.25, 0.3) is 0 Å². The Morgan fingerprint density at radius 2 is 1.88 bits per heavy atom. The van der Waals surface area contributed by atoms with Crippen molar-refractivity contribution in [2.45, 2.75) is 20.0 Å². The smallest absolute Gasteiger partial charge is 0.422 e. The van der Waals surface area contributed by atoms with Crippen LogP contribution in [0.15, 0.2) is 30.5 Å². The third-order valence-corrected chi connectivity index (χ3v) is 5.60. The SMILES string of the molecule is Cc1cccc(NC(=O)CN2CCN(C(=O)c3cnc(OCC(F)(F)F)c(Cl)c3)CC2)c1C. The number of nitrogens with zero attached hydrogens (tertiary/aromatic N) is 3. The molecule has 2 aromatic rings. The van der Waals surface area contributed by atoms with Crippen LogP contribution in [0.3, 0.4) is 0 Å². The molecule has 1 fully saturated rings. The third kappa shape index (κ3) is 6.82. The zero-order valence-corrected chi connectivity index (χ0v) is 19.0. The van der Waals surface area contributed by atoms with Gasteiger partial charge in [0.05, 0.1) is 12.1 Å². The molecule has 1 aromatic carbocycles. The van der Waals surface area contributed by atoms with E-state index in [9.17, 15) is 22.8 Å². The molecule has 1 N–H and O–H groups in total. The maximum Gasteiger partial charge on any atom is 0.422 e. The van der Waals surface area contributed by atoms with Crippen LogP contribution in [-0.2, 0) is 4.79 Å². The quantitative estimate of drug-likeness (QED) is 0.677. The van der Waals surface area contributed by atoms with Gasteiger partial charge in [-0.3, -0.25) is 14.5 Å². The molecule has 0 saturated carbocycles. The number of piperazine rings is 1. The predicted molar refractivity (Wildman–Crippen MR) is 118 cm³/mol. The topological polar surface area (TPSA) is 74.8 Å². The summed E-state index contributed by atoms with van der Waals surface area (Å²) in [6.45, 7) is 4.39. The van der Waals surface area contributed by atoms with E-state index >= 15 is 0 Å². The van der Waals surface area contributed by atoms with E-state index in [2.05, 4.69) is 15.0 Å². The van der Waals surface area contributed by atoms with Gasteiger partial charge < -0.3 is 15.0 Å². The summed E-state index contributed by atoms with van der Waals surface area (Å²) in [6, 6.07) is 6.97. The fourth-order valence-electron chi connectivity index (χ4n) is 3.37. The first-order valence-electron chi connectivity index (χ1n) is 10.3. The fourth-order valence-corrected chi connectivity index (χ4v) is 3.59. The van der Waals surface area contributed by atoms with Crippen LogP contribution in [0.1, 0.15) is 21.5 Å². The Balaban J connectivity index is 1.51. The molecule has 0 radical (unpaired) electrons. The van der Waals surface area contributed by atoms with Gasteiger partial charge in [0.1, 0.15) is 5.02 Å². The molecule has 7 nitrogen and oxygen atoms in total. The summed E-state index contributed by atoms with van der Waals surface area (Å²) in [5.74, 6) is -0.856. The monoisotopic (exact) mass is 484 g/mol. The molecular formula is C22H24ClF3N4O3. The van der Waals surface area contributed by atoms with Crippen LogP contribution in [0.4, 0.5) is 18.9 Å². The highest BCUT2D eigenvalue weighted by Crippen LogP contribution is 2.25. The number of rotatable bonds is 6. The molecule has 0 aliphatic carbocycles. The minimum Gasteiger partial charge on any atom is -0.467 e. The normalized spacial score (nSPS) is 14.8. The number of hydrogen-bond acceptors (Lipinski definition) is 5.